The van der Waals surface area contributed by atoms with Crippen molar-refractivity contribution < 1.29 is 35.5 Å². The number of anilines is 3. The summed E-state index contributed by atoms with van der Waals surface area (Å²) in [5.41, 5.74) is -3.09. The molecule has 0 aliphatic carbocycles. The molecule has 0 saturated carbocycles. The SMILES string of the molecule is C=CCNS(=O)(=O)c1ccc(Nc2ncc(C(F)(F)F)c(N3CCC(C)(O)CC3)n2)c(C(F)F)c1. The molecule has 3 rings (SSSR count). The zero-order chi connectivity index (χ0) is 26.0. The third-order valence-corrected chi connectivity index (χ3v) is 6.87. The number of hydrogen-bond donors (Lipinski definition) is 3. The van der Waals surface area contributed by atoms with Gasteiger partial charge in [0.15, 0.2) is 0 Å². The summed E-state index contributed by atoms with van der Waals surface area (Å²) < 4.78 is 94.9. The van der Waals surface area contributed by atoms with E-state index in [0.29, 0.717) is 6.20 Å². The fraction of sp³-hybridized carbons (Fsp3) is 0.429. The van der Waals surface area contributed by atoms with Gasteiger partial charge in [-0.15, -0.1) is 6.58 Å². The summed E-state index contributed by atoms with van der Waals surface area (Å²) in [4.78, 5) is 8.49. The molecule has 0 spiro atoms. The molecule has 8 nitrogen and oxygen atoms in total. The van der Waals surface area contributed by atoms with Crippen molar-refractivity contribution in [3.8, 4) is 0 Å². The first-order chi connectivity index (χ1) is 16.2. The predicted octanol–water partition coefficient (Wildman–Crippen LogP) is 3.99. The number of benzene rings is 1. The highest BCUT2D eigenvalue weighted by molar-refractivity contribution is 7.89. The first kappa shape index (κ1) is 26.8. The number of nitrogens with zero attached hydrogens (tertiary/aromatic N) is 3. The molecule has 1 aromatic carbocycles. The maximum Gasteiger partial charge on any atom is 0.421 e. The number of piperidine rings is 1. The van der Waals surface area contributed by atoms with Crippen LogP contribution in [0.5, 0.6) is 0 Å². The Morgan fingerprint density at radius 1 is 1.29 bits per heavy atom. The summed E-state index contributed by atoms with van der Waals surface area (Å²) in [5.74, 6) is -0.829. The van der Waals surface area contributed by atoms with E-state index in [4.69, 9.17) is 0 Å². The summed E-state index contributed by atoms with van der Waals surface area (Å²) >= 11 is 0. The van der Waals surface area contributed by atoms with E-state index in [-0.39, 0.29) is 44.1 Å². The molecular formula is C21H24F5N5O3S. The summed E-state index contributed by atoms with van der Waals surface area (Å²) in [6.45, 7) is 5.05. The largest absolute Gasteiger partial charge is 0.421 e. The smallest absolute Gasteiger partial charge is 0.390 e. The van der Waals surface area contributed by atoms with Crippen LogP contribution in [0.4, 0.5) is 39.4 Å². The summed E-state index contributed by atoms with van der Waals surface area (Å²) in [6.07, 6.45) is -5.62. The van der Waals surface area contributed by atoms with Gasteiger partial charge in [0, 0.05) is 37.1 Å². The third kappa shape index (κ3) is 6.44. The van der Waals surface area contributed by atoms with Crippen LogP contribution in [0.2, 0.25) is 0 Å². The van der Waals surface area contributed by atoms with E-state index in [1.165, 1.54) is 11.0 Å². The van der Waals surface area contributed by atoms with Crippen LogP contribution in [0.3, 0.4) is 0 Å². The van der Waals surface area contributed by atoms with Gasteiger partial charge < -0.3 is 15.3 Å². The minimum Gasteiger partial charge on any atom is -0.390 e. The molecule has 2 heterocycles. The van der Waals surface area contributed by atoms with Gasteiger partial charge in [0.25, 0.3) is 6.43 Å². The number of aliphatic hydroxyl groups is 1. The van der Waals surface area contributed by atoms with Gasteiger partial charge in [0.1, 0.15) is 11.4 Å². The number of rotatable bonds is 8. The van der Waals surface area contributed by atoms with Gasteiger partial charge in [-0.3, -0.25) is 0 Å². The van der Waals surface area contributed by atoms with Crippen LogP contribution in [0.25, 0.3) is 0 Å². The van der Waals surface area contributed by atoms with Crippen molar-refractivity contribution in [3.63, 3.8) is 0 Å². The van der Waals surface area contributed by atoms with Crippen molar-refractivity contribution in [3.05, 3.63) is 48.2 Å². The number of aromatic nitrogens is 2. The van der Waals surface area contributed by atoms with Crippen molar-refractivity contribution in [2.75, 3.05) is 29.9 Å². The van der Waals surface area contributed by atoms with Gasteiger partial charge in [-0.1, -0.05) is 6.08 Å². The lowest BCUT2D eigenvalue weighted by molar-refractivity contribution is -0.137. The molecular weight excluding hydrogens is 497 g/mol. The first-order valence-corrected chi connectivity index (χ1v) is 11.9. The Bertz CT molecular complexity index is 1180. The standard InChI is InChI=1S/C21H24F5N5O3S/c1-3-8-28-35(33,34)13-4-5-16(14(11-13)17(22)23)29-19-27-12-15(21(24,25)26)18(30-19)31-9-6-20(2,32)7-10-31/h3-5,11-12,17,28,32H,1,6-10H2,2H3,(H,27,29,30). The van der Waals surface area contributed by atoms with E-state index in [1.54, 1.807) is 6.92 Å². The van der Waals surface area contributed by atoms with E-state index in [1.807, 2.05) is 0 Å². The second-order valence-electron chi connectivity index (χ2n) is 8.23. The molecule has 1 saturated heterocycles. The van der Waals surface area contributed by atoms with E-state index in [2.05, 4.69) is 26.6 Å². The number of sulfonamides is 1. The van der Waals surface area contributed by atoms with Crippen LogP contribution in [0.15, 0.2) is 41.9 Å². The van der Waals surface area contributed by atoms with Crippen molar-refractivity contribution in [2.24, 2.45) is 0 Å². The van der Waals surface area contributed by atoms with Crippen molar-refractivity contribution in [1.29, 1.82) is 0 Å². The van der Waals surface area contributed by atoms with Crippen LogP contribution in [0, 0.1) is 0 Å². The predicted molar refractivity (Wildman–Crippen MR) is 119 cm³/mol. The molecule has 192 valence electrons. The van der Waals surface area contributed by atoms with Gasteiger partial charge >= 0.3 is 6.18 Å². The molecule has 2 aromatic rings. The Hall–Kier alpha value is -2.84. The van der Waals surface area contributed by atoms with Crippen molar-refractivity contribution >= 4 is 27.5 Å². The fourth-order valence-corrected chi connectivity index (χ4v) is 4.48. The number of halogens is 5. The second kappa shape index (κ2) is 10.0. The lowest BCUT2D eigenvalue weighted by Gasteiger charge is -2.37. The maximum atomic E-state index is 13.7. The minimum absolute atomic E-state index is 0.0963. The first-order valence-electron chi connectivity index (χ1n) is 10.4. The molecule has 1 fully saturated rings. The molecule has 0 amide bonds. The van der Waals surface area contributed by atoms with E-state index < -0.39 is 50.1 Å². The van der Waals surface area contributed by atoms with Gasteiger partial charge in [-0.2, -0.15) is 18.2 Å². The molecule has 14 heteroatoms. The van der Waals surface area contributed by atoms with E-state index in [0.717, 1.165) is 18.2 Å². The fourth-order valence-electron chi connectivity index (χ4n) is 3.45. The molecule has 1 aliphatic rings. The second-order valence-corrected chi connectivity index (χ2v) is 9.99. The average Bonchev–Trinajstić information content (AvgIpc) is 2.77. The van der Waals surface area contributed by atoms with Gasteiger partial charge in [0.2, 0.25) is 16.0 Å². The number of nitrogens with one attached hydrogen (secondary N) is 2. The zero-order valence-electron chi connectivity index (χ0n) is 18.6. The molecule has 1 aromatic heterocycles. The van der Waals surface area contributed by atoms with E-state index in [9.17, 15) is 35.5 Å². The Labute approximate surface area is 198 Å². The quantitative estimate of drug-likeness (QED) is 0.356. The maximum absolute atomic E-state index is 13.7. The monoisotopic (exact) mass is 521 g/mol. The molecule has 35 heavy (non-hydrogen) atoms. The third-order valence-electron chi connectivity index (χ3n) is 5.45. The molecule has 0 atom stereocenters. The normalized spacial score (nSPS) is 16.4. The summed E-state index contributed by atoms with van der Waals surface area (Å²) in [6, 6.07) is 2.89. The van der Waals surface area contributed by atoms with Gasteiger partial charge in [0.05, 0.1) is 10.5 Å². The number of alkyl halides is 5. The molecule has 3 N–H and O–H groups in total. The summed E-state index contributed by atoms with van der Waals surface area (Å²) in [7, 11) is -4.09. The van der Waals surface area contributed by atoms with Gasteiger partial charge in [-0.25, -0.2) is 26.9 Å². The molecule has 0 unspecified atom stereocenters. The van der Waals surface area contributed by atoms with Crippen molar-refractivity contribution in [2.45, 2.75) is 42.9 Å². The topological polar surface area (TPSA) is 107 Å². The highest BCUT2D eigenvalue weighted by Gasteiger charge is 2.38. The zero-order valence-corrected chi connectivity index (χ0v) is 19.4. The van der Waals surface area contributed by atoms with Gasteiger partial charge in [-0.05, 0) is 38.0 Å². The van der Waals surface area contributed by atoms with Crippen LogP contribution < -0.4 is 14.9 Å². The molecule has 0 radical (unpaired) electrons. The Kier molecular flexibility index (Phi) is 7.67. The Morgan fingerprint density at radius 2 is 1.94 bits per heavy atom. The van der Waals surface area contributed by atoms with Crippen LogP contribution in [0.1, 0.15) is 37.3 Å². The average molecular weight is 522 g/mol. The lowest BCUT2D eigenvalue weighted by atomic mass is 9.94. The van der Waals surface area contributed by atoms with Crippen LogP contribution in [-0.2, 0) is 16.2 Å². The van der Waals surface area contributed by atoms with Crippen LogP contribution in [-0.4, -0.2) is 48.7 Å². The highest BCUT2D eigenvalue weighted by atomic mass is 32.2. The molecule has 1 aliphatic heterocycles. The minimum atomic E-state index is -4.77. The highest BCUT2D eigenvalue weighted by Crippen LogP contribution is 2.38. The van der Waals surface area contributed by atoms with Crippen LogP contribution >= 0.6 is 0 Å². The lowest BCUT2D eigenvalue weighted by Crippen LogP contribution is -2.43. The Balaban J connectivity index is 1.97. The van der Waals surface area contributed by atoms with Crippen molar-refractivity contribution in [1.82, 2.24) is 14.7 Å². The molecule has 0 bridgehead atoms. The number of hydrogen-bond acceptors (Lipinski definition) is 7. The summed E-state index contributed by atoms with van der Waals surface area (Å²) in [5, 5.41) is 12.6. The Morgan fingerprint density at radius 3 is 2.51 bits per heavy atom. The van der Waals surface area contributed by atoms with E-state index >= 15 is 0 Å².